The second-order valence-corrected chi connectivity index (χ2v) is 8.40. The Kier molecular flexibility index (Phi) is 10.2. The highest BCUT2D eigenvalue weighted by molar-refractivity contribution is 5.98. The van der Waals surface area contributed by atoms with Gasteiger partial charge in [-0.1, -0.05) is 50.2 Å². The van der Waals surface area contributed by atoms with Crippen molar-refractivity contribution >= 4 is 29.4 Å². The van der Waals surface area contributed by atoms with E-state index >= 15 is 0 Å². The molecule has 9 nitrogen and oxygen atoms in total. The molecule has 34 heavy (non-hydrogen) atoms. The first-order valence-corrected chi connectivity index (χ1v) is 11.2. The molecule has 2 rings (SSSR count). The topological polar surface area (TPSA) is 137 Å². The van der Waals surface area contributed by atoms with Gasteiger partial charge >= 0.3 is 5.97 Å². The highest BCUT2D eigenvalue weighted by Crippen LogP contribution is 2.10. The summed E-state index contributed by atoms with van der Waals surface area (Å²) in [7, 11) is 0. The van der Waals surface area contributed by atoms with E-state index in [1.54, 1.807) is 54.6 Å². The van der Waals surface area contributed by atoms with E-state index in [9.17, 15) is 24.3 Å². The summed E-state index contributed by atoms with van der Waals surface area (Å²) in [5.41, 5.74) is 1.01. The average Bonchev–Trinajstić information content (AvgIpc) is 2.81. The molecule has 5 N–H and O–H groups in total. The molecule has 9 heteroatoms. The van der Waals surface area contributed by atoms with Gasteiger partial charge in [-0.15, -0.1) is 0 Å². The second-order valence-electron chi connectivity index (χ2n) is 8.40. The van der Waals surface area contributed by atoms with Crippen LogP contribution < -0.4 is 21.3 Å². The predicted octanol–water partition coefficient (Wildman–Crippen LogP) is 2.02. The Morgan fingerprint density at radius 2 is 1.41 bits per heavy atom. The number of carboxylic acid groups (broad SMARTS) is 1. The molecule has 0 fully saturated rings. The third-order valence-electron chi connectivity index (χ3n) is 5.02. The van der Waals surface area contributed by atoms with Crippen molar-refractivity contribution in [1.29, 1.82) is 0 Å². The van der Waals surface area contributed by atoms with E-state index in [0.717, 1.165) is 0 Å². The van der Waals surface area contributed by atoms with Crippen LogP contribution in [0.15, 0.2) is 60.7 Å². The fourth-order valence-electron chi connectivity index (χ4n) is 3.21. The van der Waals surface area contributed by atoms with E-state index in [1.165, 1.54) is 6.92 Å². The first-order chi connectivity index (χ1) is 16.2. The molecule has 182 valence electrons. The highest BCUT2D eigenvalue weighted by Gasteiger charge is 2.29. The Balaban J connectivity index is 2.12. The Morgan fingerprint density at radius 3 is 1.97 bits per heavy atom. The van der Waals surface area contributed by atoms with Gasteiger partial charge in [0.2, 0.25) is 11.8 Å². The number of carboxylic acids is 1. The molecule has 3 atom stereocenters. The van der Waals surface area contributed by atoms with E-state index in [2.05, 4.69) is 21.3 Å². The number of benzene rings is 2. The first-order valence-electron chi connectivity index (χ1n) is 11.2. The van der Waals surface area contributed by atoms with Gasteiger partial charge in [0, 0.05) is 17.8 Å². The molecule has 2 aromatic carbocycles. The van der Waals surface area contributed by atoms with Crippen LogP contribution in [0.3, 0.4) is 0 Å². The van der Waals surface area contributed by atoms with Crippen molar-refractivity contribution in [1.82, 2.24) is 16.0 Å². The first kappa shape index (κ1) is 26.5. The summed E-state index contributed by atoms with van der Waals surface area (Å²) >= 11 is 0. The average molecular weight is 469 g/mol. The number of anilines is 1. The van der Waals surface area contributed by atoms with Gasteiger partial charge in [0.15, 0.2) is 0 Å². The predicted molar refractivity (Wildman–Crippen MR) is 129 cm³/mol. The van der Waals surface area contributed by atoms with Crippen LogP contribution in [0.25, 0.3) is 0 Å². The van der Waals surface area contributed by atoms with Crippen molar-refractivity contribution in [3.8, 4) is 0 Å². The summed E-state index contributed by atoms with van der Waals surface area (Å²) in [4.78, 5) is 49.7. The summed E-state index contributed by atoms with van der Waals surface area (Å²) in [6.07, 6.45) is 0.377. The zero-order chi connectivity index (χ0) is 25.1. The minimum absolute atomic E-state index is 0.106. The summed E-state index contributed by atoms with van der Waals surface area (Å²) in [5, 5.41) is 20.1. The molecule has 0 aliphatic rings. The lowest BCUT2D eigenvalue weighted by molar-refractivity contribution is -0.139. The van der Waals surface area contributed by atoms with Crippen LogP contribution in [0.4, 0.5) is 5.69 Å². The van der Waals surface area contributed by atoms with E-state index < -0.39 is 35.9 Å². The van der Waals surface area contributed by atoms with Gasteiger partial charge in [-0.05, 0) is 43.5 Å². The number of aliphatic carboxylic acids is 1. The number of carbonyl (C=O) groups excluding carboxylic acids is 3. The zero-order valence-electron chi connectivity index (χ0n) is 19.6. The lowest BCUT2D eigenvalue weighted by Crippen LogP contribution is -2.58. The van der Waals surface area contributed by atoms with Crippen LogP contribution in [0, 0.1) is 5.92 Å². The Hall–Kier alpha value is -3.72. The summed E-state index contributed by atoms with van der Waals surface area (Å²) in [5.74, 6) is -2.41. The molecular formula is C25H32N4O5. The van der Waals surface area contributed by atoms with Crippen LogP contribution in [-0.4, -0.2) is 53.5 Å². The molecular weight excluding hydrogens is 436 g/mol. The van der Waals surface area contributed by atoms with Crippen LogP contribution >= 0.6 is 0 Å². The number of hydrogen-bond acceptors (Lipinski definition) is 5. The van der Waals surface area contributed by atoms with Crippen molar-refractivity contribution in [2.45, 2.75) is 45.3 Å². The van der Waals surface area contributed by atoms with Gasteiger partial charge in [0.1, 0.15) is 18.1 Å². The van der Waals surface area contributed by atoms with Crippen LogP contribution in [0.2, 0.25) is 0 Å². The molecule has 0 aliphatic heterocycles. The fourth-order valence-corrected chi connectivity index (χ4v) is 3.21. The molecule has 0 heterocycles. The monoisotopic (exact) mass is 468 g/mol. The number of hydrogen-bond donors (Lipinski definition) is 5. The van der Waals surface area contributed by atoms with Crippen LogP contribution in [0.5, 0.6) is 0 Å². The van der Waals surface area contributed by atoms with E-state index in [0.29, 0.717) is 17.7 Å². The van der Waals surface area contributed by atoms with Crippen LogP contribution in [0.1, 0.15) is 37.6 Å². The molecule has 0 radical (unpaired) electrons. The number of amides is 3. The lowest BCUT2D eigenvalue weighted by Gasteiger charge is -2.25. The molecule has 2 aromatic rings. The lowest BCUT2D eigenvalue weighted by atomic mass is 10.0. The van der Waals surface area contributed by atoms with Crippen molar-refractivity contribution in [3.05, 3.63) is 66.2 Å². The van der Waals surface area contributed by atoms with Crippen LogP contribution in [-0.2, 0) is 14.4 Å². The second kappa shape index (κ2) is 13.1. The number of para-hydroxylation sites is 1. The molecule has 0 saturated carbocycles. The third kappa shape index (κ3) is 8.67. The third-order valence-corrected chi connectivity index (χ3v) is 5.02. The Morgan fingerprint density at radius 1 is 0.824 bits per heavy atom. The smallest absolute Gasteiger partial charge is 0.320 e. The molecule has 0 bridgehead atoms. The molecule has 0 spiro atoms. The molecule has 0 aliphatic carbocycles. The van der Waals surface area contributed by atoms with Gasteiger partial charge in [0.25, 0.3) is 5.91 Å². The van der Waals surface area contributed by atoms with Gasteiger partial charge in [-0.2, -0.15) is 0 Å². The maximum atomic E-state index is 13.1. The fraction of sp³-hybridized carbons (Fsp3) is 0.360. The van der Waals surface area contributed by atoms with E-state index in [-0.39, 0.29) is 18.4 Å². The maximum absolute atomic E-state index is 13.1. The van der Waals surface area contributed by atoms with Crippen molar-refractivity contribution < 1.29 is 24.3 Å². The zero-order valence-corrected chi connectivity index (χ0v) is 19.6. The van der Waals surface area contributed by atoms with Gasteiger partial charge in [-0.25, -0.2) is 0 Å². The van der Waals surface area contributed by atoms with E-state index in [4.69, 9.17) is 0 Å². The van der Waals surface area contributed by atoms with Gasteiger partial charge < -0.3 is 21.1 Å². The summed E-state index contributed by atoms with van der Waals surface area (Å²) in [6, 6.07) is 14.4. The summed E-state index contributed by atoms with van der Waals surface area (Å²) in [6.45, 7) is 5.09. The van der Waals surface area contributed by atoms with Crippen molar-refractivity contribution in [2.75, 3.05) is 11.9 Å². The molecule has 3 amide bonds. The normalized spacial score (nSPS) is 13.4. The number of carbonyl (C=O) groups is 4. The van der Waals surface area contributed by atoms with Crippen molar-refractivity contribution in [3.63, 3.8) is 0 Å². The maximum Gasteiger partial charge on any atom is 0.320 e. The highest BCUT2D eigenvalue weighted by atomic mass is 16.4. The Bertz CT molecular complexity index is 966. The summed E-state index contributed by atoms with van der Waals surface area (Å²) < 4.78 is 0. The minimum Gasteiger partial charge on any atom is -0.480 e. The quantitative estimate of drug-likeness (QED) is 0.323. The van der Waals surface area contributed by atoms with Gasteiger partial charge in [0.05, 0.1) is 0 Å². The minimum atomic E-state index is -1.15. The SMILES string of the molecule is CC(C)C[C@H](NC(=O)[C@H](CNC(=O)c1ccccc1)N[C@H](C)C(=O)O)C(=O)Nc1ccccc1. The van der Waals surface area contributed by atoms with E-state index in [1.807, 2.05) is 19.9 Å². The van der Waals surface area contributed by atoms with Crippen molar-refractivity contribution in [2.24, 2.45) is 5.92 Å². The largest absolute Gasteiger partial charge is 0.480 e. The molecule has 0 aromatic heterocycles. The Labute approximate surface area is 199 Å². The number of nitrogens with one attached hydrogen (secondary N) is 4. The van der Waals surface area contributed by atoms with Gasteiger partial charge in [-0.3, -0.25) is 24.5 Å². The molecule has 0 unspecified atom stereocenters. The number of rotatable bonds is 12. The standard InChI is InChI=1S/C25H32N4O5/c1-16(2)14-20(23(31)28-19-12-8-5-9-13-19)29-24(32)21(27-17(3)25(33)34)15-26-22(30)18-10-6-4-7-11-18/h4-13,16-17,20-21,27H,14-15H2,1-3H3,(H,26,30)(H,28,31)(H,29,32)(H,33,34)/t17-,20+,21+/m1/s1. The molecule has 0 saturated heterocycles.